The van der Waals surface area contributed by atoms with Crippen LogP contribution in [0.25, 0.3) is 11.0 Å². The molecule has 158 valence electrons. The van der Waals surface area contributed by atoms with Gasteiger partial charge < -0.3 is 10.1 Å². The molecule has 1 saturated heterocycles. The number of nitrogens with zero attached hydrogens (tertiary/aromatic N) is 3. The Labute approximate surface area is 179 Å². The minimum absolute atomic E-state index is 0.145. The maximum atomic E-state index is 13.2. The maximum absolute atomic E-state index is 13.2. The number of methoxy groups -OCH3 is 1. The number of ether oxygens (including phenoxy) is 1. The molecule has 0 aliphatic carbocycles. The van der Waals surface area contributed by atoms with Gasteiger partial charge in [0.1, 0.15) is 21.7 Å². The summed E-state index contributed by atoms with van der Waals surface area (Å²) in [5.74, 6) is 0.181. The Balaban J connectivity index is 1.46. The molecule has 1 aromatic heterocycles. The molecule has 1 N–H and O–H groups in total. The van der Waals surface area contributed by atoms with Gasteiger partial charge in [0.15, 0.2) is 0 Å². The highest BCUT2D eigenvalue weighted by atomic mass is 32.2. The summed E-state index contributed by atoms with van der Waals surface area (Å²) < 4.78 is 41.3. The van der Waals surface area contributed by atoms with Crippen LogP contribution in [0, 0.1) is 5.92 Å². The van der Waals surface area contributed by atoms with Crippen molar-refractivity contribution in [2.24, 2.45) is 5.92 Å². The topological polar surface area (TPSA) is 101 Å². The molecule has 1 fully saturated rings. The van der Waals surface area contributed by atoms with Crippen LogP contribution < -0.4 is 10.1 Å². The van der Waals surface area contributed by atoms with E-state index in [2.05, 4.69) is 14.1 Å². The van der Waals surface area contributed by atoms with Crippen molar-refractivity contribution < 1.29 is 17.9 Å². The van der Waals surface area contributed by atoms with E-state index in [1.54, 1.807) is 25.3 Å². The van der Waals surface area contributed by atoms with Gasteiger partial charge in [0.25, 0.3) is 0 Å². The van der Waals surface area contributed by atoms with Crippen LogP contribution in [-0.4, -0.2) is 47.6 Å². The molecule has 4 rings (SSSR count). The van der Waals surface area contributed by atoms with Gasteiger partial charge in [-0.05, 0) is 42.7 Å². The number of hydrogen-bond acceptors (Lipinski definition) is 7. The summed E-state index contributed by atoms with van der Waals surface area (Å²) in [6.07, 6.45) is 1.28. The lowest BCUT2D eigenvalue weighted by Crippen LogP contribution is -2.45. The van der Waals surface area contributed by atoms with Gasteiger partial charge in [-0.1, -0.05) is 18.2 Å². The van der Waals surface area contributed by atoms with E-state index in [1.165, 1.54) is 4.31 Å². The first-order chi connectivity index (χ1) is 14.5. The zero-order valence-corrected chi connectivity index (χ0v) is 18.1. The summed E-state index contributed by atoms with van der Waals surface area (Å²) in [7, 11) is -2.17. The quantitative estimate of drug-likeness (QED) is 0.624. The van der Waals surface area contributed by atoms with Crippen molar-refractivity contribution in [1.82, 2.24) is 18.4 Å². The Morgan fingerprint density at radius 1 is 1.27 bits per heavy atom. The highest BCUT2D eigenvalue weighted by Gasteiger charge is 2.34. The van der Waals surface area contributed by atoms with Crippen LogP contribution in [0.5, 0.6) is 5.75 Å². The van der Waals surface area contributed by atoms with Crippen LogP contribution in [0.2, 0.25) is 0 Å². The highest BCUT2D eigenvalue weighted by molar-refractivity contribution is 7.89. The van der Waals surface area contributed by atoms with E-state index in [-0.39, 0.29) is 17.3 Å². The predicted molar refractivity (Wildman–Crippen MR) is 114 cm³/mol. The first-order valence-corrected chi connectivity index (χ1v) is 11.8. The van der Waals surface area contributed by atoms with Gasteiger partial charge >= 0.3 is 0 Å². The van der Waals surface area contributed by atoms with Crippen LogP contribution in [-0.2, 0) is 21.4 Å². The SMILES string of the molecule is COc1cccc(CNC(=O)[C@@H]2CCCN(S(=O)(=O)c3cccc4nsnc34)C2)c1. The Morgan fingerprint density at radius 3 is 2.93 bits per heavy atom. The third-order valence-electron chi connectivity index (χ3n) is 5.22. The second kappa shape index (κ2) is 8.66. The molecule has 0 radical (unpaired) electrons. The van der Waals surface area contributed by atoms with Crippen molar-refractivity contribution in [1.29, 1.82) is 0 Å². The van der Waals surface area contributed by atoms with Crippen molar-refractivity contribution in [3.8, 4) is 5.75 Å². The van der Waals surface area contributed by atoms with E-state index in [9.17, 15) is 13.2 Å². The number of piperidine rings is 1. The van der Waals surface area contributed by atoms with E-state index < -0.39 is 15.9 Å². The summed E-state index contributed by atoms with van der Waals surface area (Å²) in [5.41, 5.74) is 1.86. The smallest absolute Gasteiger partial charge is 0.245 e. The van der Waals surface area contributed by atoms with Crippen LogP contribution in [0.4, 0.5) is 0 Å². The standard InChI is InChI=1S/C20H22N4O4S2/c1-28-16-7-2-5-14(11-16)12-21-20(25)15-6-4-10-24(13-15)30(26,27)18-9-3-8-17-19(18)23-29-22-17/h2-3,5,7-9,11,15H,4,6,10,12-13H2,1H3,(H,21,25)/t15-/m1/s1. The van der Waals surface area contributed by atoms with Gasteiger partial charge in [0.05, 0.1) is 24.8 Å². The first kappa shape index (κ1) is 20.7. The number of amides is 1. The number of fused-ring (bicyclic) bond motifs is 1. The molecule has 30 heavy (non-hydrogen) atoms. The zero-order chi connectivity index (χ0) is 21.1. The molecular weight excluding hydrogens is 424 g/mol. The number of aromatic nitrogens is 2. The zero-order valence-electron chi connectivity index (χ0n) is 16.4. The van der Waals surface area contributed by atoms with Gasteiger partial charge in [-0.25, -0.2) is 8.42 Å². The van der Waals surface area contributed by atoms with Crippen molar-refractivity contribution >= 4 is 38.7 Å². The summed E-state index contributed by atoms with van der Waals surface area (Å²) in [5, 5.41) is 2.92. The summed E-state index contributed by atoms with van der Waals surface area (Å²) in [4.78, 5) is 12.9. The molecule has 1 aliphatic rings. The van der Waals surface area contributed by atoms with Crippen LogP contribution in [0.15, 0.2) is 47.4 Å². The third-order valence-corrected chi connectivity index (χ3v) is 7.66. The second-order valence-electron chi connectivity index (χ2n) is 7.16. The number of sulfonamides is 1. The molecule has 0 unspecified atom stereocenters. The van der Waals surface area contributed by atoms with Crippen LogP contribution in [0.1, 0.15) is 18.4 Å². The normalized spacial score (nSPS) is 17.7. The fourth-order valence-electron chi connectivity index (χ4n) is 3.62. The predicted octanol–water partition coefficient (Wildman–Crippen LogP) is 2.42. The average Bonchev–Trinajstić information content (AvgIpc) is 3.26. The number of carbonyl (C=O) groups is 1. The Morgan fingerprint density at radius 2 is 2.10 bits per heavy atom. The molecule has 0 bridgehead atoms. The average molecular weight is 447 g/mol. The number of benzene rings is 2. The molecule has 2 aromatic carbocycles. The van der Waals surface area contributed by atoms with E-state index in [1.807, 2.05) is 24.3 Å². The number of carbonyl (C=O) groups excluding carboxylic acids is 1. The number of rotatable bonds is 6. The summed E-state index contributed by atoms with van der Waals surface area (Å²) in [6.45, 7) is 0.902. The molecule has 1 aliphatic heterocycles. The Bertz CT molecular complexity index is 1160. The minimum atomic E-state index is -3.76. The van der Waals surface area contributed by atoms with Crippen LogP contribution in [0.3, 0.4) is 0 Å². The maximum Gasteiger partial charge on any atom is 0.245 e. The van der Waals surface area contributed by atoms with Crippen LogP contribution >= 0.6 is 11.7 Å². The second-order valence-corrected chi connectivity index (χ2v) is 9.59. The summed E-state index contributed by atoms with van der Waals surface area (Å²) in [6, 6.07) is 12.4. The fraction of sp³-hybridized carbons (Fsp3) is 0.350. The van der Waals surface area contributed by atoms with E-state index >= 15 is 0 Å². The highest BCUT2D eigenvalue weighted by Crippen LogP contribution is 2.28. The lowest BCUT2D eigenvalue weighted by Gasteiger charge is -2.31. The summed E-state index contributed by atoms with van der Waals surface area (Å²) >= 11 is 0.986. The van der Waals surface area contributed by atoms with Crippen molar-refractivity contribution in [3.63, 3.8) is 0 Å². The number of nitrogens with one attached hydrogen (secondary N) is 1. The van der Waals surface area contributed by atoms with Gasteiger partial charge in [0, 0.05) is 19.6 Å². The molecule has 0 saturated carbocycles. The molecule has 1 atom stereocenters. The monoisotopic (exact) mass is 446 g/mol. The molecule has 8 nitrogen and oxygen atoms in total. The van der Waals surface area contributed by atoms with E-state index in [0.717, 1.165) is 23.0 Å². The lowest BCUT2D eigenvalue weighted by atomic mass is 9.99. The molecule has 2 heterocycles. The minimum Gasteiger partial charge on any atom is -0.497 e. The third kappa shape index (κ3) is 4.16. The molecule has 10 heteroatoms. The van der Waals surface area contributed by atoms with Crippen molar-refractivity contribution in [2.75, 3.05) is 20.2 Å². The first-order valence-electron chi connectivity index (χ1n) is 9.61. The molecule has 0 spiro atoms. The van der Waals surface area contributed by atoms with Gasteiger partial charge in [-0.2, -0.15) is 13.1 Å². The Kier molecular flexibility index (Phi) is 5.98. The van der Waals surface area contributed by atoms with Gasteiger partial charge in [-0.3, -0.25) is 4.79 Å². The largest absolute Gasteiger partial charge is 0.497 e. The van der Waals surface area contributed by atoms with Gasteiger partial charge in [-0.15, -0.1) is 0 Å². The molecule has 1 amide bonds. The van der Waals surface area contributed by atoms with Crippen molar-refractivity contribution in [3.05, 3.63) is 48.0 Å². The fourth-order valence-corrected chi connectivity index (χ4v) is 5.90. The Hall–Kier alpha value is -2.56. The lowest BCUT2D eigenvalue weighted by molar-refractivity contribution is -0.126. The number of hydrogen-bond donors (Lipinski definition) is 1. The van der Waals surface area contributed by atoms with Crippen molar-refractivity contribution in [2.45, 2.75) is 24.3 Å². The van der Waals surface area contributed by atoms with E-state index in [4.69, 9.17) is 4.74 Å². The molecular formula is C20H22N4O4S2. The van der Waals surface area contributed by atoms with Gasteiger partial charge in [0.2, 0.25) is 15.9 Å². The molecule has 3 aromatic rings. The van der Waals surface area contributed by atoms with E-state index in [0.29, 0.717) is 37.0 Å².